The van der Waals surface area contributed by atoms with Gasteiger partial charge in [-0.2, -0.15) is 5.10 Å². The molecule has 0 unspecified atom stereocenters. The molecule has 0 aliphatic heterocycles. The van der Waals surface area contributed by atoms with Gasteiger partial charge < -0.3 is 4.52 Å². The maximum absolute atomic E-state index is 5.37. The molecule has 0 N–H and O–H groups in total. The van der Waals surface area contributed by atoms with Crippen LogP contribution in [0.4, 0.5) is 0 Å². The highest BCUT2D eigenvalue weighted by molar-refractivity contribution is 7.99. The van der Waals surface area contributed by atoms with E-state index >= 15 is 0 Å². The van der Waals surface area contributed by atoms with Crippen molar-refractivity contribution in [2.75, 3.05) is 0 Å². The first kappa shape index (κ1) is 17.8. The smallest absolute Gasteiger partial charge is 0.145 e. The van der Waals surface area contributed by atoms with Gasteiger partial charge in [0.25, 0.3) is 0 Å². The number of aromatic nitrogens is 5. The molecule has 0 saturated carbocycles. The molecule has 4 aromatic heterocycles. The van der Waals surface area contributed by atoms with E-state index in [4.69, 9.17) is 9.51 Å². The molecule has 0 aliphatic rings. The molecular weight excluding hydrogens is 382 g/mol. The first-order valence-electron chi connectivity index (χ1n) is 9.26. The molecule has 6 nitrogen and oxygen atoms in total. The minimum atomic E-state index is 0.799. The van der Waals surface area contributed by atoms with Gasteiger partial charge in [0.2, 0.25) is 0 Å². The Kier molecular flexibility index (Phi) is 4.24. The molecule has 5 rings (SSSR count). The van der Waals surface area contributed by atoms with Gasteiger partial charge in [-0.1, -0.05) is 35.1 Å². The van der Waals surface area contributed by atoms with Crippen LogP contribution in [0.25, 0.3) is 27.8 Å². The largest absolute Gasteiger partial charge is 0.361 e. The van der Waals surface area contributed by atoms with Crippen LogP contribution in [0.1, 0.15) is 11.5 Å². The van der Waals surface area contributed by atoms with Crippen molar-refractivity contribution in [2.24, 2.45) is 7.05 Å². The lowest BCUT2D eigenvalue weighted by Gasteiger charge is -2.04. The highest BCUT2D eigenvalue weighted by atomic mass is 32.2. The highest BCUT2D eigenvalue weighted by Crippen LogP contribution is 2.38. The molecule has 0 amide bonds. The van der Waals surface area contributed by atoms with Crippen LogP contribution in [0, 0.1) is 13.8 Å². The number of fused-ring (bicyclic) bond motifs is 1. The summed E-state index contributed by atoms with van der Waals surface area (Å²) in [6.45, 7) is 3.89. The molecule has 0 fully saturated rings. The van der Waals surface area contributed by atoms with Gasteiger partial charge in [0.15, 0.2) is 0 Å². The molecule has 5 aromatic rings. The first-order valence-corrected chi connectivity index (χ1v) is 10.1. The summed E-state index contributed by atoms with van der Waals surface area (Å²) in [4.78, 5) is 7.13. The zero-order valence-corrected chi connectivity index (χ0v) is 17.1. The number of aryl methyl sites for hydroxylation is 3. The SMILES string of the molecule is Cc1noc(C)c1-c1cnc2c(c1)c(Sc1ccccc1)cn2-c1cnn(C)c1. The number of pyridine rings is 1. The van der Waals surface area contributed by atoms with Crippen LogP contribution < -0.4 is 0 Å². The van der Waals surface area contributed by atoms with Gasteiger partial charge in [0.1, 0.15) is 11.4 Å². The third kappa shape index (κ3) is 3.13. The normalized spacial score (nSPS) is 11.4. The van der Waals surface area contributed by atoms with Gasteiger partial charge in [0, 0.05) is 51.9 Å². The van der Waals surface area contributed by atoms with Crippen LogP contribution in [-0.4, -0.2) is 24.5 Å². The molecule has 29 heavy (non-hydrogen) atoms. The van der Waals surface area contributed by atoms with Gasteiger partial charge >= 0.3 is 0 Å². The lowest BCUT2D eigenvalue weighted by Crippen LogP contribution is -1.93. The van der Waals surface area contributed by atoms with E-state index in [1.165, 1.54) is 4.90 Å². The quantitative estimate of drug-likeness (QED) is 0.415. The standard InChI is InChI=1S/C22H19N5OS/c1-14-21(15(2)28-25-14)16-9-19-20(29-18-7-5-4-6-8-18)13-27(22(19)23-10-16)17-11-24-26(3)12-17/h4-13H,1-3H3. The average molecular weight is 401 g/mol. The van der Waals surface area contributed by atoms with E-state index in [0.717, 1.165) is 44.2 Å². The van der Waals surface area contributed by atoms with Crippen LogP contribution in [0.3, 0.4) is 0 Å². The molecule has 4 heterocycles. The summed E-state index contributed by atoms with van der Waals surface area (Å²) in [6.07, 6.45) is 7.85. The zero-order valence-electron chi connectivity index (χ0n) is 16.3. The Labute approximate surface area is 172 Å². The summed E-state index contributed by atoms with van der Waals surface area (Å²) >= 11 is 1.73. The molecule has 0 radical (unpaired) electrons. The molecule has 7 heteroatoms. The number of hydrogen-bond acceptors (Lipinski definition) is 5. The van der Waals surface area contributed by atoms with Crippen molar-refractivity contribution in [2.45, 2.75) is 23.6 Å². The second kappa shape index (κ2) is 6.93. The van der Waals surface area contributed by atoms with Crippen molar-refractivity contribution >= 4 is 22.8 Å². The predicted octanol–water partition coefficient (Wildman–Crippen LogP) is 5.18. The van der Waals surface area contributed by atoms with Crippen molar-refractivity contribution in [1.29, 1.82) is 0 Å². The van der Waals surface area contributed by atoms with Gasteiger partial charge in [-0.3, -0.25) is 9.25 Å². The van der Waals surface area contributed by atoms with Gasteiger partial charge in [0.05, 0.1) is 17.6 Å². The molecule has 144 valence electrons. The summed E-state index contributed by atoms with van der Waals surface area (Å²) in [5.74, 6) is 0.799. The Bertz CT molecular complexity index is 1300. The van der Waals surface area contributed by atoms with E-state index in [1.54, 1.807) is 16.4 Å². The maximum atomic E-state index is 5.37. The number of rotatable bonds is 4. The molecule has 1 aromatic carbocycles. The summed E-state index contributed by atoms with van der Waals surface area (Å²) in [7, 11) is 1.91. The summed E-state index contributed by atoms with van der Waals surface area (Å²) in [6, 6.07) is 12.5. The predicted molar refractivity (Wildman–Crippen MR) is 113 cm³/mol. The Balaban J connectivity index is 1.71. The van der Waals surface area contributed by atoms with E-state index in [-0.39, 0.29) is 0 Å². The van der Waals surface area contributed by atoms with E-state index in [9.17, 15) is 0 Å². The third-order valence-electron chi connectivity index (χ3n) is 4.87. The fraction of sp³-hybridized carbons (Fsp3) is 0.136. The summed E-state index contributed by atoms with van der Waals surface area (Å²) in [5.41, 5.74) is 4.76. The molecule has 0 atom stereocenters. The zero-order chi connectivity index (χ0) is 20.0. The van der Waals surface area contributed by atoms with Gasteiger partial charge in [-0.15, -0.1) is 0 Å². The van der Waals surface area contributed by atoms with E-state index in [0.29, 0.717) is 0 Å². The number of nitrogens with zero attached hydrogens (tertiary/aromatic N) is 5. The Morgan fingerprint density at radius 1 is 1.03 bits per heavy atom. The van der Waals surface area contributed by atoms with Gasteiger partial charge in [-0.25, -0.2) is 4.98 Å². The van der Waals surface area contributed by atoms with Crippen molar-refractivity contribution in [1.82, 2.24) is 24.5 Å². The monoisotopic (exact) mass is 401 g/mol. The van der Waals surface area contributed by atoms with Crippen LogP contribution >= 0.6 is 11.8 Å². The topological polar surface area (TPSA) is 61.7 Å². The molecule has 0 bridgehead atoms. The molecule has 0 saturated heterocycles. The Morgan fingerprint density at radius 2 is 1.86 bits per heavy atom. The average Bonchev–Trinajstić information content (AvgIpc) is 3.40. The maximum Gasteiger partial charge on any atom is 0.145 e. The lowest BCUT2D eigenvalue weighted by atomic mass is 10.1. The molecular formula is C22H19N5OS. The third-order valence-corrected chi connectivity index (χ3v) is 5.92. The molecule has 0 spiro atoms. The van der Waals surface area contributed by atoms with Crippen LogP contribution in [0.15, 0.2) is 75.5 Å². The highest BCUT2D eigenvalue weighted by Gasteiger charge is 2.17. The molecule has 0 aliphatic carbocycles. The van der Waals surface area contributed by atoms with Crippen LogP contribution in [0.2, 0.25) is 0 Å². The number of benzene rings is 1. The first-order chi connectivity index (χ1) is 14.1. The van der Waals surface area contributed by atoms with E-state index in [1.807, 2.05) is 45.6 Å². The fourth-order valence-corrected chi connectivity index (χ4v) is 4.50. The lowest BCUT2D eigenvalue weighted by molar-refractivity contribution is 0.393. The Morgan fingerprint density at radius 3 is 2.55 bits per heavy atom. The van der Waals surface area contributed by atoms with Crippen LogP contribution in [-0.2, 0) is 7.05 Å². The van der Waals surface area contributed by atoms with Crippen molar-refractivity contribution in [3.8, 4) is 16.8 Å². The summed E-state index contributed by atoms with van der Waals surface area (Å²) < 4.78 is 9.25. The minimum Gasteiger partial charge on any atom is -0.361 e. The van der Waals surface area contributed by atoms with Crippen molar-refractivity contribution in [3.63, 3.8) is 0 Å². The Hall–Kier alpha value is -3.32. The fourth-order valence-electron chi connectivity index (χ4n) is 3.54. The second-order valence-corrected chi connectivity index (χ2v) is 8.06. The van der Waals surface area contributed by atoms with Crippen molar-refractivity contribution < 1.29 is 4.52 Å². The summed E-state index contributed by atoms with van der Waals surface area (Å²) in [5, 5.41) is 9.49. The van der Waals surface area contributed by atoms with Crippen molar-refractivity contribution in [3.05, 3.63) is 72.6 Å². The van der Waals surface area contributed by atoms with E-state index < -0.39 is 0 Å². The van der Waals surface area contributed by atoms with Gasteiger partial charge in [-0.05, 0) is 32.0 Å². The van der Waals surface area contributed by atoms with Crippen LogP contribution in [0.5, 0.6) is 0 Å². The number of hydrogen-bond donors (Lipinski definition) is 0. The van der Waals surface area contributed by atoms with E-state index in [2.05, 4.69) is 51.4 Å². The second-order valence-electron chi connectivity index (χ2n) is 6.95. The minimum absolute atomic E-state index is 0.799.